The Labute approximate surface area is 92.3 Å². The lowest BCUT2D eigenvalue weighted by Gasteiger charge is -1.95. The summed E-state index contributed by atoms with van der Waals surface area (Å²) in [4.78, 5) is 11.0. The van der Waals surface area contributed by atoms with Gasteiger partial charge in [0.25, 0.3) is 0 Å². The second-order valence-corrected chi connectivity index (χ2v) is 3.22. The number of carbonyl (C=O) groups is 1. The van der Waals surface area contributed by atoms with Gasteiger partial charge in [-0.2, -0.15) is 0 Å². The summed E-state index contributed by atoms with van der Waals surface area (Å²) in [6, 6.07) is 0. The minimum atomic E-state index is -0.280. The zero-order valence-electron chi connectivity index (χ0n) is 9.82. The summed E-state index contributed by atoms with van der Waals surface area (Å²) in [5.41, 5.74) is 0.898. The molecule has 0 aromatic heterocycles. The zero-order valence-corrected chi connectivity index (χ0v) is 9.82. The molecular formula is C13H20O2. The highest BCUT2D eigenvalue weighted by Crippen LogP contribution is 1.97. The lowest BCUT2D eigenvalue weighted by molar-refractivity contribution is -0.137. The van der Waals surface area contributed by atoms with Crippen molar-refractivity contribution in [2.24, 2.45) is 0 Å². The van der Waals surface area contributed by atoms with Gasteiger partial charge in [-0.1, -0.05) is 37.6 Å². The van der Waals surface area contributed by atoms with E-state index in [-0.39, 0.29) is 5.97 Å². The lowest BCUT2D eigenvalue weighted by Crippen LogP contribution is -1.99. The molecule has 0 atom stereocenters. The van der Waals surface area contributed by atoms with E-state index in [0.717, 1.165) is 18.4 Å². The van der Waals surface area contributed by atoms with Gasteiger partial charge in [0.05, 0.1) is 6.61 Å². The van der Waals surface area contributed by atoms with Crippen molar-refractivity contribution in [3.05, 3.63) is 36.0 Å². The van der Waals surface area contributed by atoms with Gasteiger partial charge in [-0.25, -0.2) is 4.79 Å². The molecule has 2 heteroatoms. The Balaban J connectivity index is 4.00. The molecule has 0 bridgehead atoms. The van der Waals surface area contributed by atoms with Gasteiger partial charge in [0, 0.05) is 6.08 Å². The van der Waals surface area contributed by atoms with Gasteiger partial charge >= 0.3 is 5.97 Å². The average molecular weight is 208 g/mol. The third kappa shape index (κ3) is 9.01. The van der Waals surface area contributed by atoms with E-state index < -0.39 is 0 Å². The molecule has 0 amide bonds. The first-order valence-corrected chi connectivity index (χ1v) is 5.39. The second kappa shape index (κ2) is 9.25. The van der Waals surface area contributed by atoms with Crippen LogP contribution in [0.4, 0.5) is 0 Å². The van der Waals surface area contributed by atoms with Crippen LogP contribution in [-0.2, 0) is 9.53 Å². The molecule has 0 aliphatic heterocycles. The first-order valence-electron chi connectivity index (χ1n) is 5.39. The largest absolute Gasteiger partial charge is 0.463 e. The number of hydrogen-bond acceptors (Lipinski definition) is 2. The van der Waals surface area contributed by atoms with Crippen LogP contribution >= 0.6 is 0 Å². The van der Waals surface area contributed by atoms with Crippen molar-refractivity contribution in [3.8, 4) is 0 Å². The van der Waals surface area contributed by atoms with E-state index in [4.69, 9.17) is 4.74 Å². The lowest BCUT2D eigenvalue weighted by atomic mass is 10.2. The molecule has 0 aromatic rings. The maximum absolute atomic E-state index is 11.0. The fourth-order valence-electron chi connectivity index (χ4n) is 0.967. The molecule has 0 aromatic carbocycles. The van der Waals surface area contributed by atoms with Gasteiger partial charge in [0.15, 0.2) is 0 Å². The Kier molecular flexibility index (Phi) is 8.44. The fraction of sp³-hybridized carbons (Fsp3) is 0.462. The number of unbranched alkanes of at least 4 members (excludes halogenated alkanes) is 1. The van der Waals surface area contributed by atoms with Crippen LogP contribution in [0, 0.1) is 0 Å². The Morgan fingerprint density at radius 3 is 2.60 bits per heavy atom. The molecule has 0 unspecified atom stereocenters. The highest BCUT2D eigenvalue weighted by Gasteiger charge is 1.94. The minimum Gasteiger partial charge on any atom is -0.463 e. The number of hydrogen-bond donors (Lipinski definition) is 0. The molecule has 0 aliphatic rings. The maximum atomic E-state index is 11.0. The monoisotopic (exact) mass is 208 g/mol. The van der Waals surface area contributed by atoms with Crippen LogP contribution in [0.3, 0.4) is 0 Å². The molecule has 0 fully saturated rings. The topological polar surface area (TPSA) is 26.3 Å². The minimum absolute atomic E-state index is 0.280. The smallest absolute Gasteiger partial charge is 0.330 e. The van der Waals surface area contributed by atoms with Crippen LogP contribution in [0.2, 0.25) is 0 Å². The number of rotatable bonds is 6. The van der Waals surface area contributed by atoms with Crippen molar-refractivity contribution in [3.63, 3.8) is 0 Å². The summed E-state index contributed by atoms with van der Waals surface area (Å²) < 4.78 is 4.79. The molecular weight excluding hydrogens is 188 g/mol. The third-order valence-corrected chi connectivity index (χ3v) is 1.69. The predicted molar refractivity (Wildman–Crippen MR) is 63.6 cm³/mol. The fourth-order valence-corrected chi connectivity index (χ4v) is 0.967. The Hall–Kier alpha value is -1.31. The van der Waals surface area contributed by atoms with Gasteiger partial charge < -0.3 is 4.74 Å². The highest BCUT2D eigenvalue weighted by molar-refractivity contribution is 5.83. The molecule has 84 valence electrons. The summed E-state index contributed by atoms with van der Waals surface area (Å²) in [5.74, 6) is -0.280. The number of ether oxygens (including phenoxy) is 1. The van der Waals surface area contributed by atoms with Crippen LogP contribution in [0.5, 0.6) is 0 Å². The van der Waals surface area contributed by atoms with Crippen LogP contribution in [0.15, 0.2) is 36.0 Å². The average Bonchev–Trinajstić information content (AvgIpc) is 2.17. The van der Waals surface area contributed by atoms with Crippen molar-refractivity contribution in [1.82, 2.24) is 0 Å². The molecule has 0 heterocycles. The molecule has 0 N–H and O–H groups in total. The summed E-state index contributed by atoms with van der Waals surface area (Å²) in [7, 11) is 0. The van der Waals surface area contributed by atoms with Crippen LogP contribution < -0.4 is 0 Å². The van der Waals surface area contributed by atoms with Gasteiger partial charge in [-0.3, -0.25) is 0 Å². The van der Waals surface area contributed by atoms with Crippen molar-refractivity contribution in [2.45, 2.75) is 33.6 Å². The van der Waals surface area contributed by atoms with Gasteiger partial charge in [-0.15, -0.1) is 0 Å². The van der Waals surface area contributed by atoms with E-state index in [0.29, 0.717) is 6.61 Å². The van der Waals surface area contributed by atoms with E-state index in [9.17, 15) is 4.79 Å². The van der Waals surface area contributed by atoms with E-state index in [1.54, 1.807) is 6.92 Å². The summed E-state index contributed by atoms with van der Waals surface area (Å²) in [6.07, 6.45) is 11.7. The van der Waals surface area contributed by atoms with Crippen molar-refractivity contribution in [2.75, 3.05) is 6.61 Å². The SMILES string of the molecule is CCCC=CC=CC(C)=CC(=O)OCC. The first kappa shape index (κ1) is 13.7. The van der Waals surface area contributed by atoms with Gasteiger partial charge in [-0.05, 0) is 25.8 Å². The normalized spacial score (nSPS) is 12.6. The van der Waals surface area contributed by atoms with Gasteiger partial charge in [0.2, 0.25) is 0 Å². The summed E-state index contributed by atoms with van der Waals surface area (Å²) in [5, 5.41) is 0. The van der Waals surface area contributed by atoms with Crippen LogP contribution in [0.1, 0.15) is 33.6 Å². The van der Waals surface area contributed by atoms with E-state index >= 15 is 0 Å². The molecule has 2 nitrogen and oxygen atoms in total. The highest BCUT2D eigenvalue weighted by atomic mass is 16.5. The Morgan fingerprint density at radius 1 is 1.27 bits per heavy atom. The van der Waals surface area contributed by atoms with Crippen LogP contribution in [-0.4, -0.2) is 12.6 Å². The molecule has 0 radical (unpaired) electrons. The standard InChI is InChI=1S/C13H20O2/c1-4-6-7-8-9-10-12(3)11-13(14)15-5-2/h7-11H,4-6H2,1-3H3. The predicted octanol–water partition coefficient (Wildman–Crippen LogP) is 3.41. The van der Waals surface area contributed by atoms with E-state index in [2.05, 4.69) is 13.0 Å². The quantitative estimate of drug-likeness (QED) is 0.380. The summed E-state index contributed by atoms with van der Waals surface area (Å²) in [6.45, 7) is 6.23. The molecule has 0 saturated heterocycles. The second-order valence-electron chi connectivity index (χ2n) is 3.22. The number of carbonyl (C=O) groups excluding carboxylic acids is 1. The Morgan fingerprint density at radius 2 is 2.00 bits per heavy atom. The third-order valence-electron chi connectivity index (χ3n) is 1.69. The summed E-state index contributed by atoms with van der Waals surface area (Å²) >= 11 is 0. The molecule has 15 heavy (non-hydrogen) atoms. The molecule has 0 aliphatic carbocycles. The first-order chi connectivity index (χ1) is 7.20. The molecule has 0 rings (SSSR count). The van der Waals surface area contributed by atoms with E-state index in [1.165, 1.54) is 6.08 Å². The van der Waals surface area contributed by atoms with Crippen molar-refractivity contribution < 1.29 is 9.53 Å². The Bertz CT molecular complexity index is 260. The van der Waals surface area contributed by atoms with Crippen molar-refractivity contribution in [1.29, 1.82) is 0 Å². The molecule has 0 spiro atoms. The van der Waals surface area contributed by atoms with Gasteiger partial charge in [0.1, 0.15) is 0 Å². The van der Waals surface area contributed by atoms with Crippen LogP contribution in [0.25, 0.3) is 0 Å². The number of allylic oxidation sites excluding steroid dienone is 5. The maximum Gasteiger partial charge on any atom is 0.330 e. The van der Waals surface area contributed by atoms with E-state index in [1.807, 2.05) is 25.2 Å². The number of esters is 1. The zero-order chi connectivity index (χ0) is 11.5. The molecule has 0 saturated carbocycles. The van der Waals surface area contributed by atoms with Crippen molar-refractivity contribution >= 4 is 5.97 Å².